The van der Waals surface area contributed by atoms with Crippen LogP contribution in [0.2, 0.25) is 0 Å². The van der Waals surface area contributed by atoms with Gasteiger partial charge in [-0.15, -0.1) is 0 Å². The number of nitrogens with two attached hydrogens (primary N) is 4. The molecule has 0 unspecified atom stereocenters. The summed E-state index contributed by atoms with van der Waals surface area (Å²) in [7, 11) is 0. The van der Waals surface area contributed by atoms with E-state index in [4.69, 9.17) is 51.4 Å². The summed E-state index contributed by atoms with van der Waals surface area (Å²) in [5.41, 5.74) is 40.6. The van der Waals surface area contributed by atoms with E-state index < -0.39 is 0 Å². The van der Waals surface area contributed by atoms with Gasteiger partial charge in [-0.05, 0) is 185 Å². The SMILES string of the molecule is C.CCCNC(=O)COc1c(C)cccc1Cc1cccc(Cc2cccc(Cc3cccc(CC)c3OCC(=O)NCCC)c2OCC(=O)NCCC)c1OCC(=O)NCCC.CCc1cc(C(C)(C)C)cc(Cc2cc(C(C)(C)C)cc(Cc3cc(C(C)(C)C)cc(Cc4cc(C(C)(C)C)cc(C)c4OCCN=C(N)N)c3O)c2OCCN=C(N)N)c1O. The molecule has 0 radical (unpaired) electrons. The van der Waals surface area contributed by atoms with Gasteiger partial charge in [-0.25, -0.2) is 0 Å². The number of hydrogen-bond acceptors (Lipinski definition) is 14. The minimum absolute atomic E-state index is 0. The van der Waals surface area contributed by atoms with Crippen molar-refractivity contribution in [3.8, 4) is 46.0 Å². The van der Waals surface area contributed by atoms with Gasteiger partial charge in [0.1, 0.15) is 59.2 Å². The van der Waals surface area contributed by atoms with Gasteiger partial charge in [0.05, 0.1) is 13.1 Å². The van der Waals surface area contributed by atoms with Crippen molar-refractivity contribution in [2.45, 2.75) is 245 Å². The maximum absolute atomic E-state index is 13.0. The number of carbonyl (C=O) groups is 4. The van der Waals surface area contributed by atoms with Gasteiger partial charge in [-0.3, -0.25) is 29.2 Å². The normalized spacial score (nSPS) is 11.4. The Kier molecular flexibility index (Phi) is 39.5. The number of para-hydroxylation sites is 4. The Morgan fingerprint density at radius 1 is 0.320 bits per heavy atom. The van der Waals surface area contributed by atoms with Crippen LogP contribution in [-0.2, 0) is 92.2 Å². The van der Waals surface area contributed by atoms with E-state index in [1.807, 2.05) is 114 Å². The van der Waals surface area contributed by atoms with Crippen molar-refractivity contribution in [1.29, 1.82) is 0 Å². The molecule has 0 fully saturated rings. The van der Waals surface area contributed by atoms with Crippen molar-refractivity contribution >= 4 is 35.5 Å². The highest BCUT2D eigenvalue weighted by molar-refractivity contribution is 5.80. The van der Waals surface area contributed by atoms with Crippen LogP contribution in [0.3, 0.4) is 0 Å². The number of phenolic OH excluding ortho intramolecular Hbond substituents is 2. The zero-order chi connectivity index (χ0) is 91.2. The number of guanidine groups is 2. The van der Waals surface area contributed by atoms with E-state index in [-0.39, 0.29) is 110 Å². The van der Waals surface area contributed by atoms with Gasteiger partial charge >= 0.3 is 0 Å². The van der Waals surface area contributed by atoms with Crippen LogP contribution < -0.4 is 72.6 Å². The Labute approximate surface area is 745 Å². The Hall–Kier alpha value is -11.4. The lowest BCUT2D eigenvalue weighted by atomic mass is 9.80. The topological polar surface area (TPSA) is 341 Å². The molecule has 8 aromatic rings. The van der Waals surface area contributed by atoms with E-state index in [1.54, 1.807) is 0 Å². The largest absolute Gasteiger partial charge is 0.507 e. The van der Waals surface area contributed by atoms with Crippen LogP contribution in [0.4, 0.5) is 0 Å². The third-order valence-corrected chi connectivity index (χ3v) is 21.4. The third-order valence-electron chi connectivity index (χ3n) is 21.4. The number of hydrogen-bond donors (Lipinski definition) is 10. The molecule has 0 aliphatic rings. The number of carbonyl (C=O) groups excluding carboxylic acids is 4. The van der Waals surface area contributed by atoms with Crippen LogP contribution in [0.25, 0.3) is 0 Å². The van der Waals surface area contributed by atoms with Crippen molar-refractivity contribution in [2.75, 3.05) is 78.9 Å². The minimum Gasteiger partial charge on any atom is -0.507 e. The summed E-state index contributed by atoms with van der Waals surface area (Å²) in [5.74, 6) is 3.54. The van der Waals surface area contributed by atoms with E-state index in [0.29, 0.717) is 125 Å². The predicted molar refractivity (Wildman–Crippen MR) is 509 cm³/mol. The quantitative estimate of drug-likeness (QED) is 0.00965. The van der Waals surface area contributed by atoms with E-state index in [9.17, 15) is 29.4 Å². The molecule has 0 heterocycles. The average molecular weight is 1720 g/mol. The second-order valence-corrected chi connectivity index (χ2v) is 36.1. The molecule has 0 aromatic heterocycles. The molecule has 4 amide bonds. The minimum atomic E-state index is -0.232. The van der Waals surface area contributed by atoms with Gasteiger partial charge in [0, 0.05) is 64.7 Å². The first-order chi connectivity index (χ1) is 58.7. The molecule has 0 aliphatic heterocycles. The number of amides is 4. The number of aliphatic imine (C=N–C) groups is 2. The average Bonchev–Trinajstić information content (AvgIpc) is 0.777. The standard InChI is InChI=1S/C52H76N6O4.C50H66N4O8.CH4/c1-15-32-24-40(50(6,7)8)25-33(43(32)59)22-37-29-42(52(12,13)14)30-38(46(37)62-19-17-58-48(55)56)23-35-27-41(51(9,10)11)26-34(44(35)60)21-36-28-39(49(3,4)5)20-31(2)45(36)61-18-16-57-47(53)54;1-7-24-51-43(55)31-59-47-35(6)16-12-18-37(47)28-39-20-14-22-41(49(39)61-33-45(57)53-26-9-3)30-42-23-15-21-40(50(42)62-34-46(58)54-27-10-4)29-38-19-13-17-36(11-5)48(38)60-32-44(56)52-25-8-2;/h20,24-30,59-60H,15-19,21-23H2,1-14H3,(H4,53,54,57)(H4,55,56,58);12-23H,7-11,24-34H2,1-6H3,(H,51,55)(H,52,56)(H,53,57)(H,54,58);1H4. The van der Waals surface area contributed by atoms with Crippen LogP contribution in [-0.4, -0.2) is 125 Å². The first kappa shape index (κ1) is 102. The first-order valence-electron chi connectivity index (χ1n) is 44.1. The smallest absolute Gasteiger partial charge is 0.257 e. The Bertz CT molecular complexity index is 4970. The zero-order valence-electron chi connectivity index (χ0n) is 77.7. The van der Waals surface area contributed by atoms with Gasteiger partial charge in [0.25, 0.3) is 23.6 Å². The molecule has 0 aliphatic carbocycles. The molecule has 22 nitrogen and oxygen atoms in total. The Morgan fingerprint density at radius 2 is 0.560 bits per heavy atom. The number of phenols is 2. The summed E-state index contributed by atoms with van der Waals surface area (Å²) >= 11 is 0. The summed E-state index contributed by atoms with van der Waals surface area (Å²) in [6, 6.07) is 40.9. The van der Waals surface area contributed by atoms with Crippen molar-refractivity contribution in [2.24, 2.45) is 32.9 Å². The summed E-state index contributed by atoms with van der Waals surface area (Å²) in [5, 5.41) is 35.7. The fourth-order valence-corrected chi connectivity index (χ4v) is 14.5. The van der Waals surface area contributed by atoms with Gasteiger partial charge in [0.2, 0.25) is 0 Å². The predicted octanol–water partition coefficient (Wildman–Crippen LogP) is 16.8. The van der Waals surface area contributed by atoms with Crippen molar-refractivity contribution < 1.29 is 57.8 Å². The monoisotopic (exact) mass is 1720 g/mol. The van der Waals surface area contributed by atoms with Crippen molar-refractivity contribution in [1.82, 2.24) is 21.3 Å². The number of aryl methyl sites for hydroxylation is 4. The second kappa shape index (κ2) is 48.2. The fraction of sp³-hybridized carbons (Fsp3) is 0.476. The summed E-state index contributed by atoms with van der Waals surface area (Å²) in [4.78, 5) is 59.4. The van der Waals surface area contributed by atoms with Crippen molar-refractivity contribution in [3.05, 3.63) is 233 Å². The lowest BCUT2D eigenvalue weighted by Crippen LogP contribution is -2.30. The fourth-order valence-electron chi connectivity index (χ4n) is 14.5. The summed E-state index contributed by atoms with van der Waals surface area (Å²) in [6.45, 7) is 45.2. The first-order valence-corrected chi connectivity index (χ1v) is 44.1. The van der Waals surface area contributed by atoms with Crippen LogP contribution in [0.15, 0.2) is 131 Å². The van der Waals surface area contributed by atoms with Crippen LogP contribution >= 0.6 is 0 Å². The number of aromatic hydroxyl groups is 2. The Morgan fingerprint density at radius 3 is 0.880 bits per heavy atom. The molecule has 0 saturated heterocycles. The molecular formula is C103H146N10O12. The van der Waals surface area contributed by atoms with Gasteiger partial charge in [-0.2, -0.15) is 0 Å². The van der Waals surface area contributed by atoms with Gasteiger partial charge < -0.3 is 82.8 Å². The van der Waals surface area contributed by atoms with Crippen LogP contribution in [0.5, 0.6) is 46.0 Å². The molecule has 22 heteroatoms. The van der Waals surface area contributed by atoms with E-state index in [1.165, 1.54) is 5.56 Å². The van der Waals surface area contributed by atoms with Gasteiger partial charge in [-0.1, -0.05) is 253 Å². The molecule has 0 atom stereocenters. The van der Waals surface area contributed by atoms with Gasteiger partial charge in [0.15, 0.2) is 38.3 Å². The van der Waals surface area contributed by atoms with Crippen LogP contribution in [0, 0.1) is 13.8 Å². The summed E-state index contributed by atoms with van der Waals surface area (Å²) in [6.07, 6.45) is 7.07. The van der Waals surface area contributed by atoms with E-state index in [2.05, 4.69) is 177 Å². The maximum atomic E-state index is 13.0. The highest BCUT2D eigenvalue weighted by Gasteiger charge is 2.29. The molecule has 0 spiro atoms. The lowest BCUT2D eigenvalue weighted by Gasteiger charge is -2.27. The third kappa shape index (κ3) is 31.0. The lowest BCUT2D eigenvalue weighted by molar-refractivity contribution is -0.123. The van der Waals surface area contributed by atoms with Crippen molar-refractivity contribution in [3.63, 3.8) is 0 Å². The highest BCUT2D eigenvalue weighted by Crippen LogP contribution is 2.44. The molecule has 125 heavy (non-hydrogen) atoms. The van der Waals surface area contributed by atoms with E-state index >= 15 is 0 Å². The second-order valence-electron chi connectivity index (χ2n) is 36.1. The number of nitrogens with one attached hydrogen (secondary N) is 4. The van der Waals surface area contributed by atoms with Crippen LogP contribution in [0.1, 0.15) is 269 Å². The number of rotatable bonds is 42. The molecular weight excluding hydrogens is 1570 g/mol. The molecule has 8 aromatic carbocycles. The molecule has 8 rings (SSSR count). The Balaban J connectivity index is 0.000000383. The molecule has 680 valence electrons. The molecule has 0 bridgehead atoms. The molecule has 14 N–H and O–H groups in total. The number of nitrogens with zero attached hydrogens (tertiary/aromatic N) is 2. The zero-order valence-corrected chi connectivity index (χ0v) is 77.7. The maximum Gasteiger partial charge on any atom is 0.257 e. The summed E-state index contributed by atoms with van der Waals surface area (Å²) < 4.78 is 38.3. The van der Waals surface area contributed by atoms with E-state index in [0.717, 1.165) is 137 Å². The molecule has 0 saturated carbocycles. The number of ether oxygens (including phenoxy) is 6. The number of benzene rings is 8. The highest BCUT2D eigenvalue weighted by atomic mass is 16.5.